The van der Waals surface area contributed by atoms with Crippen molar-refractivity contribution >= 4 is 52.6 Å². The Hall–Kier alpha value is -2.28. The number of hydrogen-bond donors (Lipinski definition) is 2. The fourth-order valence-electron chi connectivity index (χ4n) is 1.74. The molecule has 9 heteroatoms. The van der Waals surface area contributed by atoms with Gasteiger partial charge in [-0.2, -0.15) is 0 Å². The summed E-state index contributed by atoms with van der Waals surface area (Å²) < 4.78 is 4.81. The van der Waals surface area contributed by atoms with E-state index in [9.17, 15) is 14.4 Å². The first kappa shape index (κ1) is 19.1. The lowest BCUT2D eigenvalue weighted by atomic mass is 10.2. The fourth-order valence-corrected chi connectivity index (χ4v) is 2.42. The molecule has 0 heterocycles. The smallest absolute Gasteiger partial charge is 0.341 e. The summed E-state index contributed by atoms with van der Waals surface area (Å²) in [4.78, 5) is 35.4. The van der Waals surface area contributed by atoms with Crippen LogP contribution in [0.15, 0.2) is 42.5 Å². The van der Waals surface area contributed by atoms with Crippen molar-refractivity contribution in [1.29, 1.82) is 0 Å². The lowest BCUT2D eigenvalue weighted by Gasteiger charge is -2.10. The topological polar surface area (TPSA) is 84.5 Å². The zero-order chi connectivity index (χ0) is 18.4. The van der Waals surface area contributed by atoms with E-state index in [0.29, 0.717) is 5.56 Å². The molecule has 0 aliphatic carbocycles. The third kappa shape index (κ3) is 5.09. The van der Waals surface area contributed by atoms with E-state index in [1.165, 1.54) is 12.1 Å². The first-order chi connectivity index (χ1) is 11.9. The van der Waals surface area contributed by atoms with Crippen molar-refractivity contribution in [2.24, 2.45) is 0 Å². The van der Waals surface area contributed by atoms with E-state index in [-0.39, 0.29) is 20.6 Å². The highest BCUT2D eigenvalue weighted by molar-refractivity contribution is 6.46. The number of halogens is 3. The molecule has 2 N–H and O–H groups in total. The summed E-state index contributed by atoms with van der Waals surface area (Å²) in [5.41, 5.74) is 4.53. The van der Waals surface area contributed by atoms with Gasteiger partial charge in [0, 0.05) is 5.56 Å². The van der Waals surface area contributed by atoms with E-state index in [0.717, 1.165) is 0 Å². The molecular formula is C16H11Cl3N2O4. The van der Waals surface area contributed by atoms with E-state index in [2.05, 4.69) is 10.9 Å². The Labute approximate surface area is 158 Å². The van der Waals surface area contributed by atoms with Gasteiger partial charge >= 0.3 is 5.97 Å². The zero-order valence-corrected chi connectivity index (χ0v) is 14.8. The van der Waals surface area contributed by atoms with Gasteiger partial charge in [0.25, 0.3) is 11.8 Å². The molecule has 0 atom stereocenters. The van der Waals surface area contributed by atoms with Gasteiger partial charge in [0.1, 0.15) is 0 Å². The molecule has 0 bridgehead atoms. The van der Waals surface area contributed by atoms with Crippen LogP contribution >= 0.6 is 34.8 Å². The van der Waals surface area contributed by atoms with E-state index < -0.39 is 24.4 Å². The van der Waals surface area contributed by atoms with Crippen LogP contribution in [0.1, 0.15) is 20.7 Å². The van der Waals surface area contributed by atoms with Crippen molar-refractivity contribution in [2.45, 2.75) is 0 Å². The van der Waals surface area contributed by atoms with E-state index >= 15 is 0 Å². The number of carbonyl (C=O) groups is 3. The van der Waals surface area contributed by atoms with Crippen LogP contribution in [0.25, 0.3) is 0 Å². The summed E-state index contributed by atoms with van der Waals surface area (Å²) in [5.74, 6) is -2.17. The maximum absolute atomic E-state index is 12.0. The Balaban J connectivity index is 1.87. The van der Waals surface area contributed by atoms with Gasteiger partial charge in [-0.05, 0) is 24.3 Å². The quantitative estimate of drug-likeness (QED) is 0.468. The summed E-state index contributed by atoms with van der Waals surface area (Å²) >= 11 is 17.6. The van der Waals surface area contributed by atoms with Crippen molar-refractivity contribution in [3.63, 3.8) is 0 Å². The molecule has 2 aromatic rings. The Kier molecular flexibility index (Phi) is 6.64. The summed E-state index contributed by atoms with van der Waals surface area (Å²) in [7, 11) is 0. The van der Waals surface area contributed by atoms with Crippen LogP contribution in [0.5, 0.6) is 0 Å². The fraction of sp³-hybridized carbons (Fsp3) is 0.0625. The van der Waals surface area contributed by atoms with Crippen molar-refractivity contribution < 1.29 is 19.1 Å². The van der Waals surface area contributed by atoms with Crippen LogP contribution in [-0.4, -0.2) is 24.4 Å². The first-order valence-corrected chi connectivity index (χ1v) is 7.98. The van der Waals surface area contributed by atoms with Gasteiger partial charge in [0.2, 0.25) is 0 Å². The van der Waals surface area contributed by atoms with Gasteiger partial charge in [-0.1, -0.05) is 53.0 Å². The third-order valence-corrected chi connectivity index (χ3v) is 4.05. The monoisotopic (exact) mass is 400 g/mol. The predicted molar refractivity (Wildman–Crippen MR) is 93.8 cm³/mol. The summed E-state index contributed by atoms with van der Waals surface area (Å²) in [5, 5.41) is 0.0896. The molecule has 25 heavy (non-hydrogen) atoms. The van der Waals surface area contributed by atoms with Crippen LogP contribution in [-0.2, 0) is 9.53 Å². The Morgan fingerprint density at radius 2 is 1.52 bits per heavy atom. The molecule has 2 amide bonds. The zero-order valence-electron chi connectivity index (χ0n) is 12.5. The SMILES string of the molecule is O=C(COC(=O)c1c(Cl)ccc(Cl)c1Cl)NNC(=O)c1ccccc1. The Morgan fingerprint density at radius 3 is 2.20 bits per heavy atom. The van der Waals surface area contributed by atoms with E-state index in [1.54, 1.807) is 30.3 Å². The standard InChI is InChI=1S/C16H11Cl3N2O4/c17-10-6-7-11(18)14(19)13(10)16(24)25-8-12(22)20-21-15(23)9-4-2-1-3-5-9/h1-7H,8H2,(H,20,22)(H,21,23). The number of ether oxygens (including phenoxy) is 1. The van der Waals surface area contributed by atoms with Crippen LogP contribution in [0, 0.1) is 0 Å². The Morgan fingerprint density at radius 1 is 0.880 bits per heavy atom. The lowest BCUT2D eigenvalue weighted by Crippen LogP contribution is -2.43. The number of rotatable bonds is 4. The average Bonchev–Trinajstić information content (AvgIpc) is 2.62. The van der Waals surface area contributed by atoms with Gasteiger partial charge in [-0.3, -0.25) is 20.4 Å². The largest absolute Gasteiger partial charge is 0.452 e. The second-order valence-corrected chi connectivity index (χ2v) is 5.86. The number of benzene rings is 2. The third-order valence-electron chi connectivity index (χ3n) is 2.93. The Bertz CT molecular complexity index is 813. The minimum absolute atomic E-state index is 0.0391. The number of hydrazine groups is 1. The molecule has 2 aromatic carbocycles. The number of carbonyl (C=O) groups excluding carboxylic acids is 3. The normalized spacial score (nSPS) is 10.0. The van der Waals surface area contributed by atoms with Crippen molar-refractivity contribution in [1.82, 2.24) is 10.9 Å². The van der Waals surface area contributed by atoms with Crippen LogP contribution < -0.4 is 10.9 Å². The molecule has 0 unspecified atom stereocenters. The van der Waals surface area contributed by atoms with Gasteiger partial charge in [0.05, 0.1) is 20.6 Å². The lowest BCUT2D eigenvalue weighted by molar-refractivity contribution is -0.125. The van der Waals surface area contributed by atoms with E-state index in [4.69, 9.17) is 39.5 Å². The predicted octanol–water partition coefficient (Wildman–Crippen LogP) is 3.26. The summed E-state index contributed by atoms with van der Waals surface area (Å²) in [6.45, 7) is -0.646. The maximum Gasteiger partial charge on any atom is 0.341 e. The van der Waals surface area contributed by atoms with Crippen LogP contribution in [0.3, 0.4) is 0 Å². The average molecular weight is 402 g/mol. The maximum atomic E-state index is 12.0. The highest BCUT2D eigenvalue weighted by atomic mass is 35.5. The van der Waals surface area contributed by atoms with Crippen LogP contribution in [0.4, 0.5) is 0 Å². The molecule has 130 valence electrons. The molecule has 6 nitrogen and oxygen atoms in total. The minimum atomic E-state index is -0.915. The molecule has 0 aliphatic heterocycles. The van der Waals surface area contributed by atoms with E-state index in [1.807, 2.05) is 0 Å². The molecule has 0 aromatic heterocycles. The minimum Gasteiger partial charge on any atom is -0.452 e. The molecule has 0 spiro atoms. The van der Waals surface area contributed by atoms with Gasteiger partial charge in [0.15, 0.2) is 6.61 Å². The number of amides is 2. The highest BCUT2D eigenvalue weighted by Gasteiger charge is 2.19. The molecule has 0 saturated carbocycles. The second-order valence-electron chi connectivity index (χ2n) is 4.66. The van der Waals surface area contributed by atoms with Crippen molar-refractivity contribution in [3.8, 4) is 0 Å². The van der Waals surface area contributed by atoms with Crippen molar-refractivity contribution in [3.05, 3.63) is 68.7 Å². The number of nitrogens with one attached hydrogen (secondary N) is 2. The first-order valence-electron chi connectivity index (χ1n) is 6.85. The molecule has 0 saturated heterocycles. The summed E-state index contributed by atoms with van der Waals surface area (Å²) in [6, 6.07) is 11.1. The molecule has 0 radical (unpaired) electrons. The number of hydrogen-bond acceptors (Lipinski definition) is 4. The number of esters is 1. The summed E-state index contributed by atoms with van der Waals surface area (Å²) in [6.07, 6.45) is 0. The molecule has 0 fully saturated rings. The van der Waals surface area contributed by atoms with Gasteiger partial charge in [-0.25, -0.2) is 4.79 Å². The molecule has 2 rings (SSSR count). The molecule has 0 aliphatic rings. The second kappa shape index (κ2) is 8.71. The van der Waals surface area contributed by atoms with Crippen LogP contribution in [0.2, 0.25) is 15.1 Å². The van der Waals surface area contributed by atoms with Gasteiger partial charge in [-0.15, -0.1) is 0 Å². The highest BCUT2D eigenvalue weighted by Crippen LogP contribution is 2.31. The molecular weight excluding hydrogens is 391 g/mol. The van der Waals surface area contributed by atoms with Gasteiger partial charge < -0.3 is 4.74 Å². The van der Waals surface area contributed by atoms with Crippen molar-refractivity contribution in [2.75, 3.05) is 6.61 Å².